The molecular weight excluding hydrogens is 488 g/mol. The average Bonchev–Trinajstić information content (AvgIpc) is 2.77. The maximum Gasteiger partial charge on any atom is 0.342 e. The van der Waals surface area contributed by atoms with Gasteiger partial charge in [-0.05, 0) is 57.6 Å². The van der Waals surface area contributed by atoms with Crippen LogP contribution in [0.3, 0.4) is 0 Å². The first-order valence-electron chi connectivity index (χ1n) is 13.5. The minimum absolute atomic E-state index is 0.0394. The van der Waals surface area contributed by atoms with E-state index < -0.39 is 23.6 Å². The van der Waals surface area contributed by atoms with Crippen LogP contribution in [0.25, 0.3) is 0 Å². The second-order valence-electron chi connectivity index (χ2n) is 11.8. The second-order valence-corrected chi connectivity index (χ2v) is 11.8. The summed E-state index contributed by atoms with van der Waals surface area (Å²) in [4.78, 5) is 48.2. The summed E-state index contributed by atoms with van der Waals surface area (Å²) in [5.74, 6) is -1.54. The van der Waals surface area contributed by atoms with Crippen molar-refractivity contribution in [3.63, 3.8) is 0 Å². The molecule has 0 aliphatic carbocycles. The Kier molecular flexibility index (Phi) is 14.1. The number of carbonyl (C=O) groups excluding carboxylic acids is 4. The quantitative estimate of drug-likeness (QED) is 0.108. The number of rotatable bonds is 15. The molecule has 1 unspecified atom stereocenters. The van der Waals surface area contributed by atoms with Crippen LogP contribution in [0.2, 0.25) is 0 Å². The van der Waals surface area contributed by atoms with Crippen LogP contribution in [0, 0.1) is 5.41 Å². The standard InChI is InChI=1S/C30H46O8/c1-22(31)36-25-17-15-14-16-24(25)28(34)37-23(20-29(2,3)4)21-35-26(32)18-12-10-8-9-11-13-19-27(33)38-30(5,6)7/h14-17,23H,8-13,18-21H2,1-7H3. The number of para-hydroxylation sites is 1. The van der Waals surface area contributed by atoms with Gasteiger partial charge in [0.05, 0.1) is 0 Å². The van der Waals surface area contributed by atoms with Gasteiger partial charge in [0.25, 0.3) is 0 Å². The van der Waals surface area contributed by atoms with Crippen molar-refractivity contribution in [2.45, 2.75) is 118 Å². The van der Waals surface area contributed by atoms with Gasteiger partial charge in [0.15, 0.2) is 0 Å². The fourth-order valence-corrected chi connectivity index (χ4v) is 3.81. The molecule has 0 aliphatic rings. The predicted octanol–water partition coefficient (Wildman–Crippen LogP) is 6.58. The first-order chi connectivity index (χ1) is 17.7. The van der Waals surface area contributed by atoms with Gasteiger partial charge < -0.3 is 18.9 Å². The van der Waals surface area contributed by atoms with E-state index in [1.54, 1.807) is 12.1 Å². The van der Waals surface area contributed by atoms with Crippen LogP contribution in [-0.2, 0) is 28.6 Å². The van der Waals surface area contributed by atoms with Gasteiger partial charge in [-0.3, -0.25) is 14.4 Å². The molecule has 1 atom stereocenters. The second kappa shape index (κ2) is 16.1. The van der Waals surface area contributed by atoms with Crippen LogP contribution in [0.5, 0.6) is 5.75 Å². The van der Waals surface area contributed by atoms with Crippen molar-refractivity contribution in [1.29, 1.82) is 0 Å². The molecule has 8 nitrogen and oxygen atoms in total. The zero-order chi connectivity index (χ0) is 28.8. The van der Waals surface area contributed by atoms with Crippen LogP contribution in [0.15, 0.2) is 24.3 Å². The molecule has 0 N–H and O–H groups in total. The number of unbranched alkanes of at least 4 members (excludes halogenated alkanes) is 5. The number of benzene rings is 1. The van der Waals surface area contributed by atoms with Crippen LogP contribution in [0.4, 0.5) is 0 Å². The minimum Gasteiger partial charge on any atom is -0.462 e. The van der Waals surface area contributed by atoms with E-state index >= 15 is 0 Å². The van der Waals surface area contributed by atoms with E-state index in [1.807, 2.05) is 41.5 Å². The molecule has 0 heterocycles. The van der Waals surface area contributed by atoms with Crippen molar-refractivity contribution in [3.8, 4) is 5.75 Å². The molecular formula is C30H46O8. The summed E-state index contributed by atoms with van der Waals surface area (Å²) in [6, 6.07) is 6.37. The maximum absolute atomic E-state index is 12.8. The van der Waals surface area contributed by atoms with Crippen molar-refractivity contribution < 1.29 is 38.1 Å². The highest BCUT2D eigenvalue weighted by molar-refractivity contribution is 5.93. The Bertz CT molecular complexity index is 908. The summed E-state index contributed by atoms with van der Waals surface area (Å²) in [5, 5.41) is 0. The molecule has 0 radical (unpaired) electrons. The van der Waals surface area contributed by atoms with E-state index in [4.69, 9.17) is 18.9 Å². The third-order valence-corrected chi connectivity index (χ3v) is 5.34. The molecule has 0 bridgehead atoms. The fourth-order valence-electron chi connectivity index (χ4n) is 3.81. The zero-order valence-electron chi connectivity index (χ0n) is 24.2. The lowest BCUT2D eigenvalue weighted by Gasteiger charge is -2.26. The van der Waals surface area contributed by atoms with Crippen molar-refractivity contribution in [2.75, 3.05) is 6.61 Å². The average molecular weight is 535 g/mol. The van der Waals surface area contributed by atoms with Crippen LogP contribution < -0.4 is 4.74 Å². The summed E-state index contributed by atoms with van der Waals surface area (Å²) < 4.78 is 21.5. The van der Waals surface area contributed by atoms with Gasteiger partial charge in [0.2, 0.25) is 0 Å². The predicted molar refractivity (Wildman–Crippen MR) is 145 cm³/mol. The molecule has 1 rings (SSSR count). The van der Waals surface area contributed by atoms with Crippen LogP contribution >= 0.6 is 0 Å². The summed E-state index contributed by atoms with van der Waals surface area (Å²) in [5.41, 5.74) is -0.480. The van der Waals surface area contributed by atoms with E-state index in [0.717, 1.165) is 32.1 Å². The third-order valence-electron chi connectivity index (χ3n) is 5.34. The molecule has 38 heavy (non-hydrogen) atoms. The largest absolute Gasteiger partial charge is 0.462 e. The van der Waals surface area contributed by atoms with Gasteiger partial charge in [0.1, 0.15) is 29.6 Å². The Hall–Kier alpha value is -2.90. The van der Waals surface area contributed by atoms with Gasteiger partial charge in [-0.1, -0.05) is 58.6 Å². The zero-order valence-corrected chi connectivity index (χ0v) is 24.2. The normalized spacial score (nSPS) is 12.4. The topological polar surface area (TPSA) is 105 Å². The SMILES string of the molecule is CC(=O)Oc1ccccc1C(=O)OC(COC(=O)CCCCCCCCC(=O)OC(C)(C)C)CC(C)(C)C. The highest BCUT2D eigenvalue weighted by Gasteiger charge is 2.26. The minimum atomic E-state index is -0.640. The molecule has 1 aromatic rings. The Morgan fingerprint density at radius 1 is 0.789 bits per heavy atom. The molecule has 0 saturated heterocycles. The van der Waals surface area contributed by atoms with Gasteiger partial charge in [-0.25, -0.2) is 4.79 Å². The number of esters is 4. The number of ether oxygens (including phenoxy) is 4. The van der Waals surface area contributed by atoms with Gasteiger partial charge in [-0.2, -0.15) is 0 Å². The molecule has 0 spiro atoms. The lowest BCUT2D eigenvalue weighted by Crippen LogP contribution is -2.29. The van der Waals surface area contributed by atoms with E-state index in [9.17, 15) is 19.2 Å². The fraction of sp³-hybridized carbons (Fsp3) is 0.667. The van der Waals surface area contributed by atoms with Gasteiger partial charge >= 0.3 is 23.9 Å². The Morgan fingerprint density at radius 2 is 1.34 bits per heavy atom. The monoisotopic (exact) mass is 534 g/mol. The van der Waals surface area contributed by atoms with Crippen molar-refractivity contribution in [1.82, 2.24) is 0 Å². The van der Waals surface area contributed by atoms with E-state index in [1.165, 1.54) is 19.1 Å². The maximum atomic E-state index is 12.8. The van der Waals surface area contributed by atoms with Gasteiger partial charge in [0, 0.05) is 19.8 Å². The van der Waals surface area contributed by atoms with E-state index in [0.29, 0.717) is 25.7 Å². The molecule has 214 valence electrons. The van der Waals surface area contributed by atoms with Crippen molar-refractivity contribution in [2.24, 2.45) is 5.41 Å². The highest BCUT2D eigenvalue weighted by Crippen LogP contribution is 2.25. The van der Waals surface area contributed by atoms with E-state index in [2.05, 4.69) is 0 Å². The summed E-state index contributed by atoms with van der Waals surface area (Å²) in [6.45, 7) is 12.8. The number of hydrogen-bond donors (Lipinski definition) is 0. The first-order valence-corrected chi connectivity index (χ1v) is 13.5. The van der Waals surface area contributed by atoms with Crippen molar-refractivity contribution in [3.05, 3.63) is 29.8 Å². The molecule has 0 amide bonds. The smallest absolute Gasteiger partial charge is 0.342 e. The van der Waals surface area contributed by atoms with Crippen molar-refractivity contribution >= 4 is 23.9 Å². The molecule has 1 aromatic carbocycles. The summed E-state index contributed by atoms with van der Waals surface area (Å²) in [7, 11) is 0. The highest BCUT2D eigenvalue weighted by atomic mass is 16.6. The molecule has 8 heteroatoms. The molecule has 0 aliphatic heterocycles. The Balaban J connectivity index is 2.41. The Morgan fingerprint density at radius 3 is 1.89 bits per heavy atom. The lowest BCUT2D eigenvalue weighted by atomic mass is 9.89. The molecule has 0 fully saturated rings. The molecule has 0 saturated carbocycles. The Labute approximate surface area is 227 Å². The third kappa shape index (κ3) is 16.0. The first kappa shape index (κ1) is 33.1. The summed E-state index contributed by atoms with van der Waals surface area (Å²) >= 11 is 0. The summed E-state index contributed by atoms with van der Waals surface area (Å²) in [6.07, 6.45) is 5.92. The number of hydrogen-bond acceptors (Lipinski definition) is 8. The number of carbonyl (C=O) groups is 4. The molecule has 0 aromatic heterocycles. The van der Waals surface area contributed by atoms with Crippen LogP contribution in [-0.4, -0.2) is 42.2 Å². The lowest BCUT2D eigenvalue weighted by molar-refractivity contribution is -0.155. The van der Waals surface area contributed by atoms with Crippen LogP contribution in [0.1, 0.15) is 117 Å². The van der Waals surface area contributed by atoms with E-state index in [-0.39, 0.29) is 35.3 Å². The van der Waals surface area contributed by atoms with Gasteiger partial charge in [-0.15, -0.1) is 0 Å².